The summed E-state index contributed by atoms with van der Waals surface area (Å²) in [6, 6.07) is 9.29. The fraction of sp³-hybridized carbons (Fsp3) is 0.143. The summed E-state index contributed by atoms with van der Waals surface area (Å²) in [6.45, 7) is 0. The van der Waals surface area contributed by atoms with Gasteiger partial charge in [0.15, 0.2) is 0 Å². The fourth-order valence-corrected chi connectivity index (χ4v) is 3.81. The van der Waals surface area contributed by atoms with E-state index in [9.17, 15) is 4.21 Å². The van der Waals surface area contributed by atoms with Gasteiger partial charge in [0, 0.05) is 26.8 Å². The van der Waals surface area contributed by atoms with Crippen LogP contribution in [0.2, 0.25) is 5.02 Å². The molecule has 21 heavy (non-hydrogen) atoms. The molecule has 108 valence electrons. The zero-order chi connectivity index (χ0) is 14.7. The summed E-state index contributed by atoms with van der Waals surface area (Å²) < 4.78 is 17.3. The number of rotatable bonds is 5. The van der Waals surface area contributed by atoms with E-state index in [0.29, 0.717) is 22.5 Å². The lowest BCUT2D eigenvalue weighted by Crippen LogP contribution is -2.00. The molecule has 0 saturated heterocycles. The van der Waals surface area contributed by atoms with Gasteiger partial charge in [-0.1, -0.05) is 35.0 Å². The molecule has 1 aromatic carbocycles. The van der Waals surface area contributed by atoms with E-state index in [0.717, 1.165) is 11.1 Å². The van der Waals surface area contributed by atoms with Gasteiger partial charge in [0.1, 0.15) is 5.75 Å². The Balaban J connectivity index is 1.67. The zero-order valence-electron chi connectivity index (χ0n) is 10.9. The van der Waals surface area contributed by atoms with Crippen molar-refractivity contribution in [1.82, 2.24) is 10.1 Å². The van der Waals surface area contributed by atoms with E-state index in [4.69, 9.17) is 16.1 Å². The van der Waals surface area contributed by atoms with Crippen LogP contribution in [-0.2, 0) is 22.3 Å². The van der Waals surface area contributed by atoms with E-state index in [1.54, 1.807) is 17.4 Å². The monoisotopic (exact) mass is 338 g/mol. The van der Waals surface area contributed by atoms with Crippen molar-refractivity contribution in [2.24, 2.45) is 0 Å². The molecule has 0 fully saturated rings. The molecule has 0 aliphatic carbocycles. The molecule has 0 amide bonds. The smallest absolute Gasteiger partial charge is 0.239 e. The summed E-state index contributed by atoms with van der Waals surface area (Å²) in [5.74, 6) is 1.50. The largest absolute Gasteiger partial charge is 0.338 e. The third-order valence-electron chi connectivity index (χ3n) is 2.81. The second-order valence-electron chi connectivity index (χ2n) is 4.34. The Morgan fingerprint density at radius 1 is 1.24 bits per heavy atom. The van der Waals surface area contributed by atoms with E-state index >= 15 is 0 Å². The number of nitrogens with zero attached hydrogens (tertiary/aromatic N) is 2. The number of halogens is 1. The average molecular weight is 339 g/mol. The summed E-state index contributed by atoms with van der Waals surface area (Å²) >= 11 is 7.62. The number of benzene rings is 1. The molecule has 7 heteroatoms. The summed E-state index contributed by atoms with van der Waals surface area (Å²) in [4.78, 5) is 4.26. The molecule has 3 aromatic rings. The lowest BCUT2D eigenvalue weighted by molar-refractivity contribution is 0.390. The highest BCUT2D eigenvalue weighted by atomic mass is 35.5. The Labute approximate surface area is 133 Å². The van der Waals surface area contributed by atoms with Crippen LogP contribution in [0.25, 0.3) is 11.4 Å². The number of hydrogen-bond acceptors (Lipinski definition) is 5. The third-order valence-corrected chi connectivity index (χ3v) is 5.06. The minimum absolute atomic E-state index is 0.225. The second kappa shape index (κ2) is 6.51. The van der Waals surface area contributed by atoms with Gasteiger partial charge in [-0.15, -0.1) is 0 Å². The molecule has 3 rings (SSSR count). The van der Waals surface area contributed by atoms with Crippen LogP contribution in [0.15, 0.2) is 45.6 Å². The van der Waals surface area contributed by atoms with Crippen LogP contribution in [0.4, 0.5) is 0 Å². The summed E-state index contributed by atoms with van der Waals surface area (Å²) in [5.41, 5.74) is 1.77. The molecular weight excluding hydrogens is 328 g/mol. The molecule has 0 saturated carbocycles. The predicted molar refractivity (Wildman–Crippen MR) is 84.6 cm³/mol. The van der Waals surface area contributed by atoms with Gasteiger partial charge in [-0.2, -0.15) is 16.3 Å². The van der Waals surface area contributed by atoms with Gasteiger partial charge in [0.05, 0.1) is 5.75 Å². The van der Waals surface area contributed by atoms with E-state index in [1.807, 2.05) is 35.0 Å². The van der Waals surface area contributed by atoms with E-state index in [-0.39, 0.29) is 5.75 Å². The predicted octanol–water partition coefficient (Wildman–Crippen LogP) is 3.90. The van der Waals surface area contributed by atoms with Crippen molar-refractivity contribution in [2.75, 3.05) is 0 Å². The highest BCUT2D eigenvalue weighted by Gasteiger charge is 2.13. The maximum absolute atomic E-state index is 12.2. The van der Waals surface area contributed by atoms with Gasteiger partial charge in [-0.3, -0.25) is 4.21 Å². The molecule has 2 heterocycles. The van der Waals surface area contributed by atoms with Crippen LogP contribution in [-0.4, -0.2) is 14.3 Å². The minimum Gasteiger partial charge on any atom is -0.338 e. The van der Waals surface area contributed by atoms with Crippen LogP contribution in [0.5, 0.6) is 0 Å². The second-order valence-corrected chi connectivity index (χ2v) is 6.99. The van der Waals surface area contributed by atoms with Gasteiger partial charge in [-0.25, -0.2) is 0 Å². The van der Waals surface area contributed by atoms with Gasteiger partial charge in [0.2, 0.25) is 11.7 Å². The standard InChI is InChI=1S/C14H11ClN2O2S2/c15-12-4-2-1-3-11(12)8-21(18)9-13-16-14(17-19-13)10-5-6-20-7-10/h1-7H,8-9H2. The molecule has 0 N–H and O–H groups in total. The summed E-state index contributed by atoms with van der Waals surface area (Å²) in [5, 5.41) is 8.40. The number of hydrogen-bond donors (Lipinski definition) is 0. The molecule has 0 spiro atoms. The van der Waals surface area contributed by atoms with Crippen molar-refractivity contribution < 1.29 is 8.73 Å². The average Bonchev–Trinajstić information content (AvgIpc) is 3.12. The van der Waals surface area contributed by atoms with Crippen molar-refractivity contribution >= 4 is 33.7 Å². The van der Waals surface area contributed by atoms with Crippen LogP contribution in [0.1, 0.15) is 11.5 Å². The van der Waals surface area contributed by atoms with Crippen molar-refractivity contribution in [3.05, 3.63) is 57.6 Å². The normalized spacial score (nSPS) is 12.4. The Bertz CT molecular complexity index is 756. The lowest BCUT2D eigenvalue weighted by atomic mass is 10.2. The lowest BCUT2D eigenvalue weighted by Gasteiger charge is -2.02. The van der Waals surface area contributed by atoms with E-state index in [1.165, 1.54) is 0 Å². The molecule has 1 atom stereocenters. The maximum atomic E-state index is 12.2. The minimum atomic E-state index is -1.14. The molecular formula is C14H11ClN2O2S2. The SMILES string of the molecule is O=S(Cc1nc(-c2ccsc2)no1)Cc1ccccc1Cl. The van der Waals surface area contributed by atoms with E-state index in [2.05, 4.69) is 10.1 Å². The Kier molecular flexibility index (Phi) is 4.48. The number of thiophene rings is 1. The van der Waals surface area contributed by atoms with Gasteiger partial charge < -0.3 is 4.52 Å². The van der Waals surface area contributed by atoms with Gasteiger partial charge >= 0.3 is 0 Å². The van der Waals surface area contributed by atoms with Crippen molar-refractivity contribution in [3.8, 4) is 11.4 Å². The highest BCUT2D eigenvalue weighted by Crippen LogP contribution is 2.20. The molecule has 1 unspecified atom stereocenters. The summed E-state index contributed by atoms with van der Waals surface area (Å²) in [7, 11) is -1.14. The van der Waals surface area contributed by atoms with Crippen LogP contribution in [0, 0.1) is 0 Å². The Hall–Kier alpha value is -1.50. The first kappa shape index (κ1) is 14.4. The first-order valence-electron chi connectivity index (χ1n) is 6.16. The molecule has 0 aliphatic rings. The zero-order valence-corrected chi connectivity index (χ0v) is 13.2. The van der Waals surface area contributed by atoms with E-state index < -0.39 is 10.8 Å². The molecule has 2 aromatic heterocycles. The van der Waals surface area contributed by atoms with Crippen molar-refractivity contribution in [2.45, 2.75) is 11.5 Å². The first-order valence-corrected chi connectivity index (χ1v) is 8.97. The molecule has 0 aliphatic heterocycles. The van der Waals surface area contributed by atoms with Crippen molar-refractivity contribution in [3.63, 3.8) is 0 Å². The number of aromatic nitrogens is 2. The Morgan fingerprint density at radius 3 is 2.86 bits per heavy atom. The van der Waals surface area contributed by atoms with Crippen LogP contribution in [0.3, 0.4) is 0 Å². The highest BCUT2D eigenvalue weighted by molar-refractivity contribution is 7.83. The van der Waals surface area contributed by atoms with Gasteiger partial charge in [-0.05, 0) is 23.1 Å². The Morgan fingerprint density at radius 2 is 2.10 bits per heavy atom. The fourth-order valence-electron chi connectivity index (χ4n) is 1.80. The maximum Gasteiger partial charge on any atom is 0.239 e. The first-order chi connectivity index (χ1) is 10.2. The molecule has 4 nitrogen and oxygen atoms in total. The quantitative estimate of drug-likeness (QED) is 0.708. The molecule has 0 radical (unpaired) electrons. The molecule has 0 bridgehead atoms. The van der Waals surface area contributed by atoms with Crippen LogP contribution < -0.4 is 0 Å². The van der Waals surface area contributed by atoms with Crippen LogP contribution >= 0.6 is 22.9 Å². The summed E-state index contributed by atoms with van der Waals surface area (Å²) in [6.07, 6.45) is 0. The third kappa shape index (κ3) is 3.58. The topological polar surface area (TPSA) is 56.0 Å². The van der Waals surface area contributed by atoms with Crippen molar-refractivity contribution in [1.29, 1.82) is 0 Å². The van der Waals surface area contributed by atoms with Gasteiger partial charge in [0.25, 0.3) is 0 Å².